The number of hydrogen-bond acceptors (Lipinski definition) is 2. The molecule has 1 saturated carbocycles. The number of nitrogens with zero attached hydrogens (tertiary/aromatic N) is 1. The summed E-state index contributed by atoms with van der Waals surface area (Å²) >= 11 is 0. The van der Waals surface area contributed by atoms with Crippen molar-refractivity contribution in [1.82, 2.24) is 10.2 Å². The fourth-order valence-corrected chi connectivity index (χ4v) is 3.99. The van der Waals surface area contributed by atoms with E-state index in [1.54, 1.807) is 0 Å². The summed E-state index contributed by atoms with van der Waals surface area (Å²) in [7, 11) is 0. The fourth-order valence-electron chi connectivity index (χ4n) is 3.99. The molecule has 1 heterocycles. The minimum atomic E-state index is 0.754. The Morgan fingerprint density at radius 1 is 1.00 bits per heavy atom. The van der Waals surface area contributed by atoms with Crippen LogP contribution in [0, 0.1) is 11.8 Å². The molecule has 2 rings (SSSR count). The van der Waals surface area contributed by atoms with Gasteiger partial charge in [-0.2, -0.15) is 0 Å². The highest BCUT2D eigenvalue weighted by Crippen LogP contribution is 2.29. The van der Waals surface area contributed by atoms with Crippen molar-refractivity contribution in [3.05, 3.63) is 0 Å². The van der Waals surface area contributed by atoms with Crippen LogP contribution >= 0.6 is 0 Å². The zero-order valence-electron chi connectivity index (χ0n) is 13.3. The molecule has 0 amide bonds. The molecule has 2 fully saturated rings. The lowest BCUT2D eigenvalue weighted by Gasteiger charge is -2.39. The Balaban J connectivity index is 1.90. The second-order valence-corrected chi connectivity index (χ2v) is 7.28. The number of nitrogens with one attached hydrogen (secondary N) is 1. The summed E-state index contributed by atoms with van der Waals surface area (Å²) in [6.07, 6.45) is 10.1. The second-order valence-electron chi connectivity index (χ2n) is 7.28. The van der Waals surface area contributed by atoms with Gasteiger partial charge in [0.15, 0.2) is 0 Å². The van der Waals surface area contributed by atoms with Crippen LogP contribution in [0.3, 0.4) is 0 Å². The SMILES string of the molecule is CC(C)CN(CC1CCCN1)C(C)C1CCCCC1. The Labute approximate surface area is 120 Å². The number of rotatable bonds is 6. The highest BCUT2D eigenvalue weighted by atomic mass is 15.2. The zero-order valence-corrected chi connectivity index (χ0v) is 13.3. The Morgan fingerprint density at radius 3 is 2.32 bits per heavy atom. The average Bonchev–Trinajstić information content (AvgIpc) is 2.90. The third-order valence-electron chi connectivity index (χ3n) is 5.12. The average molecular weight is 266 g/mol. The van der Waals surface area contributed by atoms with E-state index in [2.05, 4.69) is 31.0 Å². The Hall–Kier alpha value is -0.0800. The second kappa shape index (κ2) is 7.64. The van der Waals surface area contributed by atoms with E-state index in [4.69, 9.17) is 0 Å². The summed E-state index contributed by atoms with van der Waals surface area (Å²) in [6, 6.07) is 1.54. The van der Waals surface area contributed by atoms with E-state index in [0.29, 0.717) is 0 Å². The van der Waals surface area contributed by atoms with Crippen LogP contribution in [0.1, 0.15) is 65.7 Å². The van der Waals surface area contributed by atoms with Gasteiger partial charge >= 0.3 is 0 Å². The normalized spacial score (nSPS) is 27.3. The highest BCUT2D eigenvalue weighted by Gasteiger charge is 2.28. The quantitative estimate of drug-likeness (QED) is 0.789. The first kappa shape index (κ1) is 15.3. The molecule has 1 saturated heterocycles. The van der Waals surface area contributed by atoms with Crippen LogP contribution in [0.4, 0.5) is 0 Å². The van der Waals surface area contributed by atoms with E-state index in [0.717, 1.165) is 23.9 Å². The predicted octanol–water partition coefficient (Wildman–Crippen LogP) is 3.67. The summed E-state index contributed by atoms with van der Waals surface area (Å²) in [6.45, 7) is 11.0. The van der Waals surface area contributed by atoms with Crippen molar-refractivity contribution < 1.29 is 0 Å². The standard InChI is InChI=1S/C17H34N2/c1-14(2)12-19(13-17-10-7-11-18-17)15(3)16-8-5-4-6-9-16/h14-18H,4-13H2,1-3H3. The highest BCUT2D eigenvalue weighted by molar-refractivity contribution is 4.84. The van der Waals surface area contributed by atoms with Gasteiger partial charge in [0.2, 0.25) is 0 Å². The molecule has 0 spiro atoms. The van der Waals surface area contributed by atoms with Crippen molar-refractivity contribution in [1.29, 1.82) is 0 Å². The predicted molar refractivity (Wildman–Crippen MR) is 83.5 cm³/mol. The van der Waals surface area contributed by atoms with Crippen LogP contribution in [-0.4, -0.2) is 36.6 Å². The van der Waals surface area contributed by atoms with E-state index in [-0.39, 0.29) is 0 Å². The van der Waals surface area contributed by atoms with E-state index >= 15 is 0 Å². The Morgan fingerprint density at radius 2 is 1.74 bits per heavy atom. The monoisotopic (exact) mass is 266 g/mol. The van der Waals surface area contributed by atoms with Gasteiger partial charge in [0, 0.05) is 25.2 Å². The Kier molecular flexibility index (Phi) is 6.15. The molecule has 0 radical (unpaired) electrons. The van der Waals surface area contributed by atoms with Crippen LogP contribution in [0.25, 0.3) is 0 Å². The van der Waals surface area contributed by atoms with Crippen molar-refractivity contribution in [3.8, 4) is 0 Å². The van der Waals surface area contributed by atoms with Gasteiger partial charge in [0.25, 0.3) is 0 Å². The van der Waals surface area contributed by atoms with E-state index in [9.17, 15) is 0 Å². The van der Waals surface area contributed by atoms with E-state index in [1.807, 2.05) is 0 Å². The van der Waals surface area contributed by atoms with Crippen LogP contribution < -0.4 is 5.32 Å². The lowest BCUT2D eigenvalue weighted by atomic mass is 9.83. The molecular formula is C17H34N2. The first-order valence-corrected chi connectivity index (χ1v) is 8.64. The molecule has 112 valence electrons. The molecule has 2 nitrogen and oxygen atoms in total. The third-order valence-corrected chi connectivity index (χ3v) is 5.12. The summed E-state index contributed by atoms with van der Waals surface area (Å²) in [5, 5.41) is 3.68. The largest absolute Gasteiger partial charge is 0.313 e. The molecule has 2 heteroatoms. The summed E-state index contributed by atoms with van der Waals surface area (Å²) in [5.41, 5.74) is 0. The Bertz CT molecular complexity index is 240. The summed E-state index contributed by atoms with van der Waals surface area (Å²) in [5.74, 6) is 1.74. The van der Waals surface area contributed by atoms with Gasteiger partial charge < -0.3 is 5.32 Å². The van der Waals surface area contributed by atoms with Gasteiger partial charge in [-0.15, -0.1) is 0 Å². The van der Waals surface area contributed by atoms with Crippen molar-refractivity contribution in [2.75, 3.05) is 19.6 Å². The molecule has 2 unspecified atom stereocenters. The molecule has 0 aromatic heterocycles. The molecule has 1 aliphatic carbocycles. The van der Waals surface area contributed by atoms with Crippen molar-refractivity contribution in [2.24, 2.45) is 11.8 Å². The minimum Gasteiger partial charge on any atom is -0.313 e. The van der Waals surface area contributed by atoms with Gasteiger partial charge in [-0.25, -0.2) is 0 Å². The maximum absolute atomic E-state index is 3.68. The molecule has 1 N–H and O–H groups in total. The van der Waals surface area contributed by atoms with E-state index < -0.39 is 0 Å². The van der Waals surface area contributed by atoms with Gasteiger partial charge in [0.05, 0.1) is 0 Å². The third kappa shape index (κ3) is 4.75. The van der Waals surface area contributed by atoms with Crippen molar-refractivity contribution in [2.45, 2.75) is 77.8 Å². The molecule has 0 aromatic rings. The molecule has 0 bridgehead atoms. The molecule has 1 aliphatic heterocycles. The zero-order chi connectivity index (χ0) is 13.7. The van der Waals surface area contributed by atoms with Gasteiger partial charge in [0.1, 0.15) is 0 Å². The topological polar surface area (TPSA) is 15.3 Å². The minimum absolute atomic E-state index is 0.754. The van der Waals surface area contributed by atoms with Gasteiger partial charge in [-0.3, -0.25) is 4.90 Å². The summed E-state index contributed by atoms with van der Waals surface area (Å²) < 4.78 is 0. The van der Waals surface area contributed by atoms with Crippen LogP contribution in [0.2, 0.25) is 0 Å². The van der Waals surface area contributed by atoms with Gasteiger partial charge in [-0.05, 0) is 51.0 Å². The van der Waals surface area contributed by atoms with Crippen LogP contribution in [0.5, 0.6) is 0 Å². The van der Waals surface area contributed by atoms with Crippen LogP contribution in [-0.2, 0) is 0 Å². The van der Waals surface area contributed by atoms with Crippen molar-refractivity contribution >= 4 is 0 Å². The first-order chi connectivity index (χ1) is 9.16. The van der Waals surface area contributed by atoms with Gasteiger partial charge in [-0.1, -0.05) is 33.1 Å². The fraction of sp³-hybridized carbons (Fsp3) is 1.00. The lowest BCUT2D eigenvalue weighted by Crippen LogP contribution is -2.47. The lowest BCUT2D eigenvalue weighted by molar-refractivity contribution is 0.107. The van der Waals surface area contributed by atoms with Crippen LogP contribution in [0.15, 0.2) is 0 Å². The van der Waals surface area contributed by atoms with Crippen molar-refractivity contribution in [3.63, 3.8) is 0 Å². The maximum atomic E-state index is 3.68. The summed E-state index contributed by atoms with van der Waals surface area (Å²) in [4.78, 5) is 2.80. The van der Waals surface area contributed by atoms with E-state index in [1.165, 1.54) is 64.6 Å². The smallest absolute Gasteiger partial charge is 0.0195 e. The first-order valence-electron chi connectivity index (χ1n) is 8.64. The maximum Gasteiger partial charge on any atom is 0.0195 e. The number of hydrogen-bond donors (Lipinski definition) is 1. The molecule has 0 aromatic carbocycles. The molecule has 2 atom stereocenters. The molecule has 19 heavy (non-hydrogen) atoms. The molecule has 2 aliphatic rings. The molecular weight excluding hydrogens is 232 g/mol.